The minimum atomic E-state index is -0.420. The molecule has 2 aliphatic carbocycles. The first kappa shape index (κ1) is 14.4. The standard InChI is InChI=1S/C17H23FN2O/c1-16(2)10-6-7-17(3,9-10)15(16)20-14(21)12-5-4-11(18)8-13(12)19/h4-5,8,10,15H,6-7,9,19H2,1-3H3,(H,20,21). The normalized spacial score (nSPS) is 33.1. The van der Waals surface area contributed by atoms with Gasteiger partial charge in [-0.1, -0.05) is 20.8 Å². The first-order valence-corrected chi connectivity index (χ1v) is 7.60. The molecule has 1 amide bonds. The number of hydrogen-bond acceptors (Lipinski definition) is 2. The molecule has 2 aliphatic rings. The fraction of sp³-hybridized carbons (Fsp3) is 0.588. The summed E-state index contributed by atoms with van der Waals surface area (Å²) in [4.78, 5) is 12.5. The topological polar surface area (TPSA) is 55.1 Å². The molecule has 3 atom stereocenters. The smallest absolute Gasteiger partial charge is 0.253 e. The summed E-state index contributed by atoms with van der Waals surface area (Å²) in [6.45, 7) is 6.74. The highest BCUT2D eigenvalue weighted by Crippen LogP contribution is 2.62. The van der Waals surface area contributed by atoms with Crippen LogP contribution in [0.15, 0.2) is 18.2 Å². The lowest BCUT2D eigenvalue weighted by atomic mass is 9.68. The molecule has 3 rings (SSSR count). The second-order valence-corrected chi connectivity index (χ2v) is 7.55. The van der Waals surface area contributed by atoms with E-state index in [0.29, 0.717) is 11.5 Å². The second kappa shape index (κ2) is 4.46. The molecular formula is C17H23FN2O. The summed E-state index contributed by atoms with van der Waals surface area (Å²) < 4.78 is 13.1. The van der Waals surface area contributed by atoms with Crippen LogP contribution in [-0.4, -0.2) is 11.9 Å². The SMILES string of the molecule is CC12CCC(C1)C(C)(C)C2NC(=O)c1ccc(F)cc1N. The van der Waals surface area contributed by atoms with Gasteiger partial charge in [0.05, 0.1) is 5.56 Å². The van der Waals surface area contributed by atoms with Crippen LogP contribution >= 0.6 is 0 Å². The van der Waals surface area contributed by atoms with Gasteiger partial charge in [-0.15, -0.1) is 0 Å². The molecule has 3 unspecified atom stereocenters. The number of halogens is 1. The summed E-state index contributed by atoms with van der Waals surface area (Å²) in [6.07, 6.45) is 3.57. The fourth-order valence-corrected chi connectivity index (χ4v) is 4.61. The summed E-state index contributed by atoms with van der Waals surface area (Å²) in [5, 5.41) is 3.18. The van der Waals surface area contributed by atoms with Crippen LogP contribution in [0.4, 0.5) is 10.1 Å². The Hall–Kier alpha value is -1.58. The maximum absolute atomic E-state index is 13.1. The molecule has 2 fully saturated rings. The van der Waals surface area contributed by atoms with Gasteiger partial charge in [-0.05, 0) is 54.2 Å². The van der Waals surface area contributed by atoms with E-state index in [1.165, 1.54) is 31.0 Å². The minimum absolute atomic E-state index is 0.0947. The maximum Gasteiger partial charge on any atom is 0.253 e. The number of nitrogen functional groups attached to an aromatic ring is 1. The molecule has 0 saturated heterocycles. The van der Waals surface area contributed by atoms with Gasteiger partial charge < -0.3 is 11.1 Å². The highest BCUT2D eigenvalue weighted by atomic mass is 19.1. The number of nitrogens with one attached hydrogen (secondary N) is 1. The summed E-state index contributed by atoms with van der Waals surface area (Å²) >= 11 is 0. The molecule has 0 radical (unpaired) electrons. The molecule has 21 heavy (non-hydrogen) atoms. The monoisotopic (exact) mass is 290 g/mol. The van der Waals surface area contributed by atoms with Crippen molar-refractivity contribution in [1.82, 2.24) is 5.32 Å². The molecule has 3 nitrogen and oxygen atoms in total. The maximum atomic E-state index is 13.1. The highest BCUT2D eigenvalue weighted by Gasteiger charge is 2.59. The first-order chi connectivity index (χ1) is 9.74. The van der Waals surface area contributed by atoms with Crippen LogP contribution in [0.3, 0.4) is 0 Å². The average Bonchev–Trinajstić information content (AvgIpc) is 2.85. The summed E-state index contributed by atoms with van der Waals surface area (Å²) in [6, 6.07) is 4.07. The van der Waals surface area contributed by atoms with Crippen molar-refractivity contribution in [3.05, 3.63) is 29.6 Å². The Morgan fingerprint density at radius 3 is 2.67 bits per heavy atom. The molecule has 4 heteroatoms. The Kier molecular flexibility index (Phi) is 3.05. The van der Waals surface area contributed by atoms with Crippen molar-refractivity contribution in [3.63, 3.8) is 0 Å². The zero-order valence-electron chi connectivity index (χ0n) is 12.9. The van der Waals surface area contributed by atoms with Crippen LogP contribution in [0.25, 0.3) is 0 Å². The summed E-state index contributed by atoms with van der Waals surface area (Å²) in [5.41, 5.74) is 6.59. The Labute approximate surface area is 125 Å². The number of hydrogen-bond donors (Lipinski definition) is 2. The van der Waals surface area contributed by atoms with E-state index in [4.69, 9.17) is 5.73 Å². The molecule has 2 saturated carbocycles. The summed E-state index contributed by atoms with van der Waals surface area (Å²) in [5.74, 6) is 0.0500. The van der Waals surface area contributed by atoms with E-state index in [-0.39, 0.29) is 28.5 Å². The van der Waals surface area contributed by atoms with Crippen molar-refractivity contribution in [2.45, 2.75) is 46.1 Å². The van der Waals surface area contributed by atoms with Gasteiger partial charge in [0.15, 0.2) is 0 Å². The number of anilines is 1. The molecule has 1 aromatic rings. The zero-order valence-corrected chi connectivity index (χ0v) is 12.9. The molecule has 1 aromatic carbocycles. The van der Waals surface area contributed by atoms with Crippen LogP contribution in [0.1, 0.15) is 50.4 Å². The number of carbonyl (C=O) groups is 1. The van der Waals surface area contributed by atoms with E-state index >= 15 is 0 Å². The molecule has 2 bridgehead atoms. The van der Waals surface area contributed by atoms with E-state index in [2.05, 4.69) is 26.1 Å². The molecule has 0 spiro atoms. The second-order valence-electron chi connectivity index (χ2n) is 7.55. The Bertz CT molecular complexity index is 594. The number of nitrogens with two attached hydrogens (primary N) is 1. The Balaban J connectivity index is 1.85. The average molecular weight is 290 g/mol. The van der Waals surface area contributed by atoms with Crippen LogP contribution in [0.5, 0.6) is 0 Å². The van der Waals surface area contributed by atoms with Gasteiger partial charge >= 0.3 is 0 Å². The third-order valence-electron chi connectivity index (χ3n) is 5.80. The highest BCUT2D eigenvalue weighted by molar-refractivity contribution is 5.99. The number of amides is 1. The van der Waals surface area contributed by atoms with Gasteiger partial charge in [0, 0.05) is 11.7 Å². The third kappa shape index (κ3) is 2.12. The fourth-order valence-electron chi connectivity index (χ4n) is 4.61. The number of carbonyl (C=O) groups excluding carboxylic acids is 1. The first-order valence-electron chi connectivity index (χ1n) is 7.60. The van der Waals surface area contributed by atoms with Gasteiger partial charge in [-0.2, -0.15) is 0 Å². The van der Waals surface area contributed by atoms with E-state index in [0.717, 1.165) is 6.42 Å². The van der Waals surface area contributed by atoms with Crippen LogP contribution in [0, 0.1) is 22.6 Å². The number of benzene rings is 1. The van der Waals surface area contributed by atoms with Crippen LogP contribution in [0.2, 0.25) is 0 Å². The van der Waals surface area contributed by atoms with Crippen LogP contribution in [-0.2, 0) is 0 Å². The Morgan fingerprint density at radius 1 is 1.38 bits per heavy atom. The quantitative estimate of drug-likeness (QED) is 0.821. The largest absolute Gasteiger partial charge is 0.398 e. The van der Waals surface area contributed by atoms with E-state index in [1.54, 1.807) is 0 Å². The number of rotatable bonds is 2. The lowest BCUT2D eigenvalue weighted by Crippen LogP contribution is -2.52. The van der Waals surface area contributed by atoms with Crippen molar-refractivity contribution in [2.75, 3.05) is 5.73 Å². The molecule has 0 heterocycles. The van der Waals surface area contributed by atoms with Crippen molar-refractivity contribution >= 4 is 11.6 Å². The molecule has 114 valence electrons. The van der Waals surface area contributed by atoms with E-state index in [9.17, 15) is 9.18 Å². The van der Waals surface area contributed by atoms with Crippen molar-refractivity contribution < 1.29 is 9.18 Å². The predicted molar refractivity (Wildman–Crippen MR) is 81.3 cm³/mol. The van der Waals surface area contributed by atoms with Gasteiger partial charge in [-0.3, -0.25) is 4.79 Å². The lowest BCUT2D eigenvalue weighted by Gasteiger charge is -2.43. The summed E-state index contributed by atoms with van der Waals surface area (Å²) in [7, 11) is 0. The van der Waals surface area contributed by atoms with E-state index < -0.39 is 5.82 Å². The molecule has 3 N–H and O–H groups in total. The zero-order chi connectivity index (χ0) is 15.4. The Morgan fingerprint density at radius 2 is 2.10 bits per heavy atom. The molecule has 0 aromatic heterocycles. The predicted octanol–water partition coefficient (Wildman–Crippen LogP) is 3.35. The molecular weight excluding hydrogens is 267 g/mol. The van der Waals surface area contributed by atoms with Crippen molar-refractivity contribution in [3.8, 4) is 0 Å². The lowest BCUT2D eigenvalue weighted by molar-refractivity contribution is 0.0738. The van der Waals surface area contributed by atoms with Gasteiger partial charge in [0.2, 0.25) is 0 Å². The van der Waals surface area contributed by atoms with Gasteiger partial charge in [0.1, 0.15) is 5.82 Å². The number of fused-ring (bicyclic) bond motifs is 2. The van der Waals surface area contributed by atoms with Gasteiger partial charge in [0.25, 0.3) is 5.91 Å². The van der Waals surface area contributed by atoms with Crippen molar-refractivity contribution in [2.24, 2.45) is 16.7 Å². The van der Waals surface area contributed by atoms with Crippen LogP contribution < -0.4 is 11.1 Å². The van der Waals surface area contributed by atoms with Crippen molar-refractivity contribution in [1.29, 1.82) is 0 Å². The van der Waals surface area contributed by atoms with E-state index in [1.807, 2.05) is 0 Å². The minimum Gasteiger partial charge on any atom is -0.398 e. The molecule has 0 aliphatic heterocycles. The van der Waals surface area contributed by atoms with Gasteiger partial charge in [-0.25, -0.2) is 4.39 Å². The third-order valence-corrected chi connectivity index (χ3v) is 5.80.